The minimum Gasteiger partial charge on any atom is -0.456 e. The van der Waals surface area contributed by atoms with E-state index in [9.17, 15) is 0 Å². The molecule has 0 radical (unpaired) electrons. The minimum absolute atomic E-state index is 0.625. The molecule has 0 aliphatic carbocycles. The first-order valence-electron chi connectivity index (χ1n) is 9.06. The van der Waals surface area contributed by atoms with Crippen molar-refractivity contribution in [2.45, 2.75) is 0 Å². The summed E-state index contributed by atoms with van der Waals surface area (Å²) >= 11 is 12.4. The van der Waals surface area contributed by atoms with Crippen molar-refractivity contribution in [3.63, 3.8) is 0 Å². The highest BCUT2D eigenvalue weighted by Gasteiger charge is 2.16. The predicted octanol–water partition coefficient (Wildman–Crippen LogP) is 6.42. The molecule has 5 rings (SSSR count). The standard InChI is InChI=1S/C23H16Cl2N2O/c24-16-6-7-17(20(25)13-16)14-5-8-21-15(11-14)12-22(28-21)18-3-1-2-4-19(18)23-26-9-10-27-23/h1-8,11-13H,9-10H2,(H,26,27). The molecule has 138 valence electrons. The highest BCUT2D eigenvalue weighted by atomic mass is 35.5. The van der Waals surface area contributed by atoms with Crippen LogP contribution in [0.3, 0.4) is 0 Å². The highest BCUT2D eigenvalue weighted by Crippen LogP contribution is 2.35. The Bertz CT molecular complexity index is 1230. The molecule has 0 saturated heterocycles. The van der Waals surface area contributed by atoms with E-state index >= 15 is 0 Å². The number of furan rings is 1. The van der Waals surface area contributed by atoms with Gasteiger partial charge in [0.2, 0.25) is 0 Å². The van der Waals surface area contributed by atoms with Crippen LogP contribution in [0.5, 0.6) is 0 Å². The number of nitrogens with one attached hydrogen (secondary N) is 1. The van der Waals surface area contributed by atoms with Gasteiger partial charge < -0.3 is 9.73 Å². The number of hydrogen-bond donors (Lipinski definition) is 1. The van der Waals surface area contributed by atoms with Crippen molar-refractivity contribution in [2.75, 3.05) is 13.1 Å². The van der Waals surface area contributed by atoms with E-state index in [1.54, 1.807) is 6.07 Å². The van der Waals surface area contributed by atoms with Gasteiger partial charge in [-0.05, 0) is 35.9 Å². The van der Waals surface area contributed by atoms with Crippen LogP contribution in [0.4, 0.5) is 0 Å². The molecule has 0 unspecified atom stereocenters. The van der Waals surface area contributed by atoms with Gasteiger partial charge in [0.1, 0.15) is 17.2 Å². The first kappa shape index (κ1) is 17.4. The minimum atomic E-state index is 0.625. The summed E-state index contributed by atoms with van der Waals surface area (Å²) < 4.78 is 6.16. The number of benzene rings is 3. The Morgan fingerprint density at radius 1 is 0.857 bits per heavy atom. The molecule has 1 aromatic heterocycles. The number of aliphatic imine (C=N–C) groups is 1. The van der Waals surface area contributed by atoms with Crippen LogP contribution in [-0.2, 0) is 0 Å². The second-order valence-electron chi connectivity index (χ2n) is 6.69. The van der Waals surface area contributed by atoms with Crippen LogP contribution in [0.25, 0.3) is 33.4 Å². The lowest BCUT2D eigenvalue weighted by molar-refractivity contribution is 0.631. The number of hydrogen-bond acceptors (Lipinski definition) is 3. The summed E-state index contributed by atoms with van der Waals surface area (Å²) in [6, 6.07) is 21.9. The zero-order chi connectivity index (χ0) is 19.1. The zero-order valence-electron chi connectivity index (χ0n) is 14.9. The van der Waals surface area contributed by atoms with Gasteiger partial charge in [-0.1, -0.05) is 59.6 Å². The molecule has 1 N–H and O–H groups in total. The number of fused-ring (bicyclic) bond motifs is 1. The van der Waals surface area contributed by atoms with Crippen LogP contribution in [-0.4, -0.2) is 18.9 Å². The predicted molar refractivity (Wildman–Crippen MR) is 117 cm³/mol. The second kappa shape index (κ2) is 7.01. The van der Waals surface area contributed by atoms with Crippen molar-refractivity contribution in [1.82, 2.24) is 5.32 Å². The van der Waals surface area contributed by atoms with Gasteiger partial charge in [-0.15, -0.1) is 0 Å². The van der Waals surface area contributed by atoms with Gasteiger partial charge in [-0.2, -0.15) is 0 Å². The molecule has 4 aromatic rings. The fourth-order valence-electron chi connectivity index (χ4n) is 3.55. The van der Waals surface area contributed by atoms with Crippen LogP contribution < -0.4 is 5.32 Å². The lowest BCUT2D eigenvalue weighted by Gasteiger charge is -2.07. The van der Waals surface area contributed by atoms with E-state index in [1.807, 2.05) is 36.4 Å². The topological polar surface area (TPSA) is 37.5 Å². The van der Waals surface area contributed by atoms with E-state index in [0.717, 1.165) is 57.9 Å². The number of rotatable bonds is 3. The molecular formula is C23H16Cl2N2O. The van der Waals surface area contributed by atoms with Crippen LogP contribution in [0.2, 0.25) is 10.0 Å². The van der Waals surface area contributed by atoms with E-state index < -0.39 is 0 Å². The molecule has 2 heterocycles. The molecular weight excluding hydrogens is 391 g/mol. The Hall–Kier alpha value is -2.75. The Morgan fingerprint density at radius 2 is 1.71 bits per heavy atom. The molecule has 0 spiro atoms. The molecule has 3 nitrogen and oxygen atoms in total. The number of nitrogens with zero attached hydrogens (tertiary/aromatic N) is 1. The molecule has 0 amide bonds. The van der Waals surface area contributed by atoms with Gasteiger partial charge in [0.15, 0.2) is 0 Å². The highest BCUT2D eigenvalue weighted by molar-refractivity contribution is 6.36. The summed E-state index contributed by atoms with van der Waals surface area (Å²) in [4.78, 5) is 4.56. The SMILES string of the molecule is Clc1ccc(-c2ccc3oc(-c4ccccc4C4=NCCN4)cc3c2)c(Cl)c1. The number of halogens is 2. The summed E-state index contributed by atoms with van der Waals surface area (Å²) in [6.45, 7) is 1.67. The van der Waals surface area contributed by atoms with Gasteiger partial charge in [0.25, 0.3) is 0 Å². The Balaban J connectivity index is 1.60. The van der Waals surface area contributed by atoms with Crippen molar-refractivity contribution in [3.05, 3.63) is 82.3 Å². The van der Waals surface area contributed by atoms with E-state index in [2.05, 4.69) is 34.6 Å². The van der Waals surface area contributed by atoms with Gasteiger partial charge in [-0.25, -0.2) is 0 Å². The Kier molecular flexibility index (Phi) is 4.34. The molecule has 0 atom stereocenters. The fraction of sp³-hybridized carbons (Fsp3) is 0.0870. The van der Waals surface area contributed by atoms with Crippen molar-refractivity contribution in [2.24, 2.45) is 4.99 Å². The third-order valence-electron chi connectivity index (χ3n) is 4.88. The van der Waals surface area contributed by atoms with Gasteiger partial charge in [-0.3, -0.25) is 4.99 Å². The van der Waals surface area contributed by atoms with E-state index in [4.69, 9.17) is 27.6 Å². The summed E-state index contributed by atoms with van der Waals surface area (Å²) in [7, 11) is 0. The maximum atomic E-state index is 6.38. The van der Waals surface area contributed by atoms with Gasteiger partial charge >= 0.3 is 0 Å². The summed E-state index contributed by atoms with van der Waals surface area (Å²) in [5, 5.41) is 5.62. The van der Waals surface area contributed by atoms with Crippen LogP contribution >= 0.6 is 23.2 Å². The number of amidine groups is 1. The van der Waals surface area contributed by atoms with E-state index in [-0.39, 0.29) is 0 Å². The summed E-state index contributed by atoms with van der Waals surface area (Å²) in [6.07, 6.45) is 0. The monoisotopic (exact) mass is 406 g/mol. The summed E-state index contributed by atoms with van der Waals surface area (Å²) in [5.41, 5.74) is 4.88. The third kappa shape index (κ3) is 3.07. The van der Waals surface area contributed by atoms with Gasteiger partial charge in [0.05, 0.1) is 6.54 Å². The largest absolute Gasteiger partial charge is 0.456 e. The van der Waals surface area contributed by atoms with Crippen molar-refractivity contribution >= 4 is 40.0 Å². The molecule has 1 aliphatic rings. The fourth-order valence-corrected chi connectivity index (χ4v) is 4.07. The smallest absolute Gasteiger partial charge is 0.136 e. The normalized spacial score (nSPS) is 13.6. The second-order valence-corrected chi connectivity index (χ2v) is 7.53. The molecule has 0 fully saturated rings. The average molecular weight is 407 g/mol. The lowest BCUT2D eigenvalue weighted by Crippen LogP contribution is -2.20. The summed E-state index contributed by atoms with van der Waals surface area (Å²) in [5.74, 6) is 1.74. The van der Waals surface area contributed by atoms with E-state index in [0.29, 0.717) is 10.0 Å². The van der Waals surface area contributed by atoms with Crippen molar-refractivity contribution in [1.29, 1.82) is 0 Å². The van der Waals surface area contributed by atoms with Crippen LogP contribution in [0.15, 0.2) is 76.1 Å². The van der Waals surface area contributed by atoms with E-state index in [1.165, 1.54) is 0 Å². The molecule has 1 aliphatic heterocycles. The quantitative estimate of drug-likeness (QED) is 0.425. The van der Waals surface area contributed by atoms with Gasteiger partial charge in [0, 0.05) is 38.7 Å². The first-order chi connectivity index (χ1) is 13.7. The molecule has 0 bridgehead atoms. The molecule has 5 heteroatoms. The molecule has 3 aromatic carbocycles. The lowest BCUT2D eigenvalue weighted by atomic mass is 10.0. The van der Waals surface area contributed by atoms with Crippen LogP contribution in [0, 0.1) is 0 Å². The molecule has 0 saturated carbocycles. The maximum absolute atomic E-state index is 6.38. The third-order valence-corrected chi connectivity index (χ3v) is 5.43. The Morgan fingerprint density at radius 3 is 2.50 bits per heavy atom. The Labute approximate surface area is 172 Å². The van der Waals surface area contributed by atoms with Crippen molar-refractivity contribution in [3.8, 4) is 22.5 Å². The first-order valence-corrected chi connectivity index (χ1v) is 9.82. The maximum Gasteiger partial charge on any atom is 0.136 e. The van der Waals surface area contributed by atoms with Crippen molar-refractivity contribution < 1.29 is 4.42 Å². The zero-order valence-corrected chi connectivity index (χ0v) is 16.4. The average Bonchev–Trinajstić information content (AvgIpc) is 3.37. The van der Waals surface area contributed by atoms with Crippen LogP contribution in [0.1, 0.15) is 5.56 Å². The molecule has 28 heavy (non-hydrogen) atoms.